The van der Waals surface area contributed by atoms with Gasteiger partial charge in [0, 0.05) is 31.0 Å². The molecule has 1 N–H and O–H groups in total. The van der Waals surface area contributed by atoms with Crippen molar-refractivity contribution in [2.75, 3.05) is 31.2 Å². The number of nitrogens with zero attached hydrogens (tertiary/aromatic N) is 3. The van der Waals surface area contributed by atoms with E-state index in [1.807, 2.05) is 12.4 Å². The van der Waals surface area contributed by atoms with Gasteiger partial charge in [0.2, 0.25) is 5.95 Å². The fourth-order valence-electron chi connectivity index (χ4n) is 2.11. The molecule has 2 heterocycles. The first-order valence-corrected chi connectivity index (χ1v) is 6.71. The lowest BCUT2D eigenvalue weighted by atomic mass is 10.2. The average Bonchev–Trinajstić information content (AvgIpc) is 2.45. The fourth-order valence-corrected chi connectivity index (χ4v) is 2.11. The summed E-state index contributed by atoms with van der Waals surface area (Å²) < 4.78 is 5.49. The van der Waals surface area contributed by atoms with Gasteiger partial charge in [0.05, 0.1) is 19.3 Å². The highest BCUT2D eigenvalue weighted by atomic mass is 16.5. The Kier molecular flexibility index (Phi) is 4.90. The summed E-state index contributed by atoms with van der Waals surface area (Å²) in [5.41, 5.74) is 1.13. The monoisotopic (exact) mass is 250 g/mol. The average molecular weight is 250 g/mol. The van der Waals surface area contributed by atoms with Crippen LogP contribution in [0.15, 0.2) is 12.4 Å². The van der Waals surface area contributed by atoms with E-state index in [2.05, 4.69) is 34.0 Å². The molecular weight excluding hydrogens is 228 g/mol. The summed E-state index contributed by atoms with van der Waals surface area (Å²) in [5, 5.41) is 3.27. The Balaban J connectivity index is 2.03. The first-order valence-electron chi connectivity index (χ1n) is 6.71. The summed E-state index contributed by atoms with van der Waals surface area (Å²) in [7, 11) is 0. The molecule has 0 saturated carbocycles. The Morgan fingerprint density at radius 2 is 2.17 bits per heavy atom. The standard InChI is InChI=1S/C13H22N4O/c1-3-12-10-18-6-5-17(12)13-15-8-11(9-16-13)7-14-4-2/h8-9,12,14H,3-7,10H2,1-2H3. The maximum atomic E-state index is 5.49. The molecule has 0 bridgehead atoms. The summed E-state index contributed by atoms with van der Waals surface area (Å²) in [6.45, 7) is 8.48. The molecule has 1 aromatic rings. The van der Waals surface area contributed by atoms with Gasteiger partial charge in [0.15, 0.2) is 0 Å². The van der Waals surface area contributed by atoms with Gasteiger partial charge >= 0.3 is 0 Å². The molecule has 2 rings (SSSR count). The maximum absolute atomic E-state index is 5.49. The van der Waals surface area contributed by atoms with Crippen LogP contribution in [0.3, 0.4) is 0 Å². The quantitative estimate of drug-likeness (QED) is 0.851. The largest absolute Gasteiger partial charge is 0.377 e. The Hall–Kier alpha value is -1.20. The van der Waals surface area contributed by atoms with Crippen molar-refractivity contribution in [1.82, 2.24) is 15.3 Å². The van der Waals surface area contributed by atoms with E-state index in [9.17, 15) is 0 Å². The Labute approximate surface area is 109 Å². The van der Waals surface area contributed by atoms with Crippen LogP contribution in [-0.2, 0) is 11.3 Å². The van der Waals surface area contributed by atoms with Gasteiger partial charge in [0.1, 0.15) is 0 Å². The summed E-state index contributed by atoms with van der Waals surface area (Å²) >= 11 is 0. The Bertz CT molecular complexity index is 355. The zero-order valence-corrected chi connectivity index (χ0v) is 11.2. The molecule has 18 heavy (non-hydrogen) atoms. The molecule has 0 amide bonds. The second-order valence-corrected chi connectivity index (χ2v) is 4.50. The first-order chi connectivity index (χ1) is 8.85. The topological polar surface area (TPSA) is 50.3 Å². The normalized spacial score (nSPS) is 20.1. The zero-order chi connectivity index (χ0) is 12.8. The number of morpholine rings is 1. The number of hydrogen-bond acceptors (Lipinski definition) is 5. The third kappa shape index (κ3) is 3.17. The highest BCUT2D eigenvalue weighted by Crippen LogP contribution is 2.16. The smallest absolute Gasteiger partial charge is 0.225 e. The number of hydrogen-bond donors (Lipinski definition) is 1. The van der Waals surface area contributed by atoms with Crippen molar-refractivity contribution in [3.8, 4) is 0 Å². The molecule has 1 aromatic heterocycles. The minimum Gasteiger partial charge on any atom is -0.377 e. The van der Waals surface area contributed by atoms with Gasteiger partial charge in [-0.15, -0.1) is 0 Å². The van der Waals surface area contributed by atoms with Crippen LogP contribution in [0.1, 0.15) is 25.8 Å². The maximum Gasteiger partial charge on any atom is 0.225 e. The van der Waals surface area contributed by atoms with Gasteiger partial charge in [-0.05, 0) is 13.0 Å². The van der Waals surface area contributed by atoms with E-state index in [0.29, 0.717) is 6.04 Å². The van der Waals surface area contributed by atoms with Crippen LogP contribution in [0.2, 0.25) is 0 Å². The van der Waals surface area contributed by atoms with Crippen molar-refractivity contribution >= 4 is 5.95 Å². The van der Waals surface area contributed by atoms with Crippen molar-refractivity contribution in [1.29, 1.82) is 0 Å². The van der Waals surface area contributed by atoms with E-state index in [1.165, 1.54) is 0 Å². The molecule has 0 aliphatic carbocycles. The van der Waals surface area contributed by atoms with Gasteiger partial charge in [-0.2, -0.15) is 0 Å². The van der Waals surface area contributed by atoms with Crippen LogP contribution in [-0.4, -0.2) is 42.3 Å². The Morgan fingerprint density at radius 1 is 1.39 bits per heavy atom. The number of anilines is 1. The molecule has 0 spiro atoms. The summed E-state index contributed by atoms with van der Waals surface area (Å²) in [6.07, 6.45) is 4.88. The van der Waals surface area contributed by atoms with Crippen molar-refractivity contribution in [2.24, 2.45) is 0 Å². The van der Waals surface area contributed by atoms with E-state index in [-0.39, 0.29) is 0 Å². The van der Waals surface area contributed by atoms with Crippen molar-refractivity contribution < 1.29 is 4.74 Å². The van der Waals surface area contributed by atoms with E-state index in [4.69, 9.17) is 4.74 Å². The van der Waals surface area contributed by atoms with Crippen LogP contribution in [0.4, 0.5) is 5.95 Å². The highest BCUT2D eigenvalue weighted by Gasteiger charge is 2.23. The van der Waals surface area contributed by atoms with Gasteiger partial charge in [0.25, 0.3) is 0 Å². The predicted octanol–water partition coefficient (Wildman–Crippen LogP) is 1.20. The molecule has 5 nitrogen and oxygen atoms in total. The highest BCUT2D eigenvalue weighted by molar-refractivity contribution is 5.32. The lowest BCUT2D eigenvalue weighted by molar-refractivity contribution is 0.0921. The SMILES string of the molecule is CCNCc1cnc(N2CCOCC2CC)nc1. The number of ether oxygens (including phenoxy) is 1. The third-order valence-electron chi connectivity index (χ3n) is 3.23. The van der Waals surface area contributed by atoms with Crippen molar-refractivity contribution in [3.05, 3.63) is 18.0 Å². The van der Waals surface area contributed by atoms with Gasteiger partial charge in [-0.3, -0.25) is 0 Å². The molecule has 1 atom stereocenters. The minimum absolute atomic E-state index is 0.401. The van der Waals surface area contributed by atoms with E-state index < -0.39 is 0 Å². The van der Waals surface area contributed by atoms with Gasteiger partial charge in [-0.1, -0.05) is 13.8 Å². The van der Waals surface area contributed by atoms with Crippen LogP contribution in [0, 0.1) is 0 Å². The van der Waals surface area contributed by atoms with Crippen LogP contribution >= 0.6 is 0 Å². The molecule has 100 valence electrons. The van der Waals surface area contributed by atoms with Crippen LogP contribution in [0.25, 0.3) is 0 Å². The predicted molar refractivity (Wildman–Crippen MR) is 71.7 cm³/mol. The first kappa shape index (κ1) is 13.2. The second-order valence-electron chi connectivity index (χ2n) is 4.50. The second kappa shape index (κ2) is 6.66. The Morgan fingerprint density at radius 3 is 2.83 bits per heavy atom. The molecular formula is C13H22N4O. The van der Waals surface area contributed by atoms with Crippen molar-refractivity contribution in [3.63, 3.8) is 0 Å². The molecule has 1 saturated heterocycles. The minimum atomic E-state index is 0.401. The van der Waals surface area contributed by atoms with E-state index >= 15 is 0 Å². The number of nitrogens with one attached hydrogen (secondary N) is 1. The molecule has 5 heteroatoms. The summed E-state index contributed by atoms with van der Waals surface area (Å²) in [5.74, 6) is 0.824. The molecule has 1 unspecified atom stereocenters. The molecule has 0 radical (unpaired) electrons. The van der Waals surface area contributed by atoms with Crippen LogP contribution in [0.5, 0.6) is 0 Å². The summed E-state index contributed by atoms with van der Waals surface area (Å²) in [6, 6.07) is 0.401. The van der Waals surface area contributed by atoms with E-state index in [0.717, 1.165) is 50.8 Å². The zero-order valence-electron chi connectivity index (χ0n) is 11.2. The number of rotatable bonds is 5. The molecule has 1 aliphatic heterocycles. The molecule has 0 aromatic carbocycles. The lowest BCUT2D eigenvalue weighted by Crippen LogP contribution is -2.46. The van der Waals surface area contributed by atoms with E-state index in [1.54, 1.807) is 0 Å². The summed E-state index contributed by atoms with van der Waals surface area (Å²) in [4.78, 5) is 11.2. The lowest BCUT2D eigenvalue weighted by Gasteiger charge is -2.35. The fraction of sp³-hybridized carbons (Fsp3) is 0.692. The number of aromatic nitrogens is 2. The van der Waals surface area contributed by atoms with Gasteiger partial charge in [-0.25, -0.2) is 9.97 Å². The molecule has 1 aliphatic rings. The van der Waals surface area contributed by atoms with Crippen molar-refractivity contribution in [2.45, 2.75) is 32.9 Å². The van der Waals surface area contributed by atoms with Gasteiger partial charge < -0.3 is 15.0 Å². The molecule has 1 fully saturated rings. The van der Waals surface area contributed by atoms with Crippen LogP contribution < -0.4 is 10.2 Å². The third-order valence-corrected chi connectivity index (χ3v) is 3.23.